The molecule has 1 aromatic carbocycles. The van der Waals surface area contributed by atoms with Crippen molar-refractivity contribution < 1.29 is 27.4 Å². The van der Waals surface area contributed by atoms with Crippen LogP contribution in [-0.2, 0) is 14.8 Å². The average molecular weight is 473 g/mol. The largest absolute Gasteiger partial charge is 0.476 e. The van der Waals surface area contributed by atoms with Gasteiger partial charge in [-0.25, -0.2) is 13.2 Å². The number of carboxylic acid groups (broad SMARTS) is 1. The van der Waals surface area contributed by atoms with Gasteiger partial charge in [0.25, 0.3) is 0 Å². The normalized spacial score (nSPS) is 29.4. The number of aliphatic carboxylic acids is 1. The van der Waals surface area contributed by atoms with Gasteiger partial charge in [-0.1, -0.05) is 31.4 Å². The lowest BCUT2D eigenvalue weighted by molar-refractivity contribution is -0.134. The molecule has 2 bridgehead atoms. The number of halogens is 2. The van der Waals surface area contributed by atoms with Gasteiger partial charge in [0.15, 0.2) is 0 Å². The van der Waals surface area contributed by atoms with Gasteiger partial charge in [0.2, 0.25) is 15.9 Å². The molecule has 5 rings (SSSR count). The molecule has 1 aromatic rings. The molecule has 10 heteroatoms. The van der Waals surface area contributed by atoms with Crippen molar-refractivity contribution in [3.05, 3.63) is 29.2 Å². The second kappa shape index (κ2) is 7.94. The minimum atomic E-state index is -3.87. The smallest absolute Gasteiger partial charge is 0.368 e. The van der Waals surface area contributed by atoms with Crippen molar-refractivity contribution in [1.29, 1.82) is 0 Å². The second-order valence-electron chi connectivity index (χ2n) is 8.77. The van der Waals surface area contributed by atoms with E-state index in [0.29, 0.717) is 24.4 Å². The summed E-state index contributed by atoms with van der Waals surface area (Å²) in [5.41, 5.74) is 0.495. The third kappa shape index (κ3) is 3.70. The van der Waals surface area contributed by atoms with Gasteiger partial charge >= 0.3 is 5.97 Å². The number of ether oxygens (including phenoxy) is 1. The van der Waals surface area contributed by atoms with Gasteiger partial charge in [-0.15, -0.1) is 0 Å². The van der Waals surface area contributed by atoms with Crippen LogP contribution in [0.3, 0.4) is 0 Å². The van der Waals surface area contributed by atoms with E-state index in [4.69, 9.17) is 21.4 Å². The summed E-state index contributed by atoms with van der Waals surface area (Å²) in [5, 5.41) is 8.77. The number of hydrogen-bond donors (Lipinski definition) is 1. The molecule has 1 aliphatic heterocycles. The summed E-state index contributed by atoms with van der Waals surface area (Å²) >= 11 is 6.36. The first-order valence-corrected chi connectivity index (χ1v) is 12.3. The molecule has 3 fully saturated rings. The quantitative estimate of drug-likeness (QED) is 0.473. The number of fused-ring (bicyclic) bond motifs is 1. The van der Waals surface area contributed by atoms with Gasteiger partial charge in [-0.2, -0.15) is 8.70 Å². The van der Waals surface area contributed by atoms with Crippen LogP contribution in [0, 0.1) is 5.92 Å². The molecule has 3 saturated carbocycles. The number of unbranched alkanes of at least 4 members (excludes halogenated alkanes) is 1. The van der Waals surface area contributed by atoms with Crippen LogP contribution in [0.25, 0.3) is 0 Å². The van der Waals surface area contributed by atoms with Crippen molar-refractivity contribution in [2.75, 3.05) is 18.5 Å². The number of rotatable bonds is 7. The van der Waals surface area contributed by atoms with E-state index >= 15 is 0 Å². The van der Waals surface area contributed by atoms with Gasteiger partial charge in [0, 0.05) is 31.2 Å². The number of likely N-dealkylation sites (N-methyl/N-ethyl adjacent to an activating group) is 1. The summed E-state index contributed by atoms with van der Waals surface area (Å²) in [6.07, 6.45) is 6.16. The van der Waals surface area contributed by atoms with Gasteiger partial charge in [0.1, 0.15) is 16.9 Å². The molecule has 3 aliphatic carbocycles. The molecule has 1 atom stereocenters. The lowest BCUT2D eigenvalue weighted by Crippen LogP contribution is -2.69. The topological polar surface area (TPSA) is 87.1 Å². The number of benzene rings is 1. The average Bonchev–Trinajstić information content (AvgIpc) is 2.71. The summed E-state index contributed by atoms with van der Waals surface area (Å²) in [7, 11) is -2.28. The van der Waals surface area contributed by atoms with Crippen LogP contribution in [0.5, 0.6) is 5.75 Å². The van der Waals surface area contributed by atoms with E-state index in [2.05, 4.69) is 11.8 Å². The molecule has 1 N–H and O–H groups in total. The molecule has 0 unspecified atom stereocenters. The van der Waals surface area contributed by atoms with Gasteiger partial charge in [-0.05, 0) is 37.7 Å². The van der Waals surface area contributed by atoms with Crippen LogP contribution < -0.4 is 9.64 Å². The highest BCUT2D eigenvalue weighted by Gasteiger charge is 2.61. The standard InChI is InChI=1S/C21H26ClFN2O5S/c1-3-4-5-14-11-25(21-8-13(9-21)10-21)17-6-15(22)18(30-12-16(23)20(26)27)7-19(17)31(28,29)24(14)2/h6-7,12-14H,3-5,8-11H2,1-2H3,(H,26,27)/b16-12-/t13?,14-,21?/m1/s1. The number of nitrogens with zero attached hydrogens (tertiary/aromatic N) is 2. The molecule has 4 aliphatic rings. The second-order valence-corrected chi connectivity index (χ2v) is 11.1. The Hall–Kier alpha value is -1.84. The predicted molar refractivity (Wildman–Crippen MR) is 115 cm³/mol. The molecule has 0 saturated heterocycles. The van der Waals surface area contributed by atoms with Crippen molar-refractivity contribution in [3.8, 4) is 5.75 Å². The molecule has 170 valence electrons. The van der Waals surface area contributed by atoms with Crippen LogP contribution in [-0.4, -0.2) is 49.0 Å². The number of anilines is 1. The first kappa shape index (κ1) is 22.4. The SMILES string of the molecule is CCCC[C@@H]1CN(C23CC(C2)C3)c2cc(Cl)c(O/C=C(\F)C(=O)O)cc2S(=O)(=O)N1C. The van der Waals surface area contributed by atoms with Crippen LogP contribution >= 0.6 is 11.6 Å². The zero-order valence-corrected chi connectivity index (χ0v) is 19.0. The van der Waals surface area contributed by atoms with Gasteiger partial charge < -0.3 is 14.7 Å². The Morgan fingerprint density at radius 2 is 2.06 bits per heavy atom. The Morgan fingerprint density at radius 3 is 2.61 bits per heavy atom. The fourth-order valence-corrected chi connectivity index (χ4v) is 6.67. The van der Waals surface area contributed by atoms with E-state index in [1.807, 2.05) is 0 Å². The van der Waals surface area contributed by atoms with Crippen molar-refractivity contribution in [2.24, 2.45) is 5.92 Å². The lowest BCUT2D eigenvalue weighted by atomic mass is 9.49. The summed E-state index contributed by atoms with van der Waals surface area (Å²) in [6, 6.07) is 2.64. The van der Waals surface area contributed by atoms with Crippen LogP contribution in [0.1, 0.15) is 45.4 Å². The van der Waals surface area contributed by atoms with Crippen LogP contribution in [0.15, 0.2) is 29.1 Å². The van der Waals surface area contributed by atoms with E-state index in [9.17, 15) is 17.6 Å². The number of hydrogen-bond acceptors (Lipinski definition) is 5. The maximum absolute atomic E-state index is 13.5. The number of carbonyl (C=O) groups is 1. The highest BCUT2D eigenvalue weighted by molar-refractivity contribution is 7.89. The van der Waals surface area contributed by atoms with Gasteiger partial charge in [-0.3, -0.25) is 0 Å². The van der Waals surface area contributed by atoms with Crippen molar-refractivity contribution in [3.63, 3.8) is 0 Å². The highest BCUT2D eigenvalue weighted by Crippen LogP contribution is 2.62. The minimum Gasteiger partial charge on any atom is -0.476 e. The molecular weight excluding hydrogens is 447 g/mol. The highest BCUT2D eigenvalue weighted by atomic mass is 35.5. The van der Waals surface area contributed by atoms with Crippen molar-refractivity contribution in [1.82, 2.24) is 4.31 Å². The monoisotopic (exact) mass is 472 g/mol. The Balaban J connectivity index is 1.80. The molecular formula is C21H26ClFN2O5S. The van der Waals surface area contributed by atoms with Crippen molar-refractivity contribution in [2.45, 2.75) is 61.9 Å². The van der Waals surface area contributed by atoms with E-state index in [1.54, 1.807) is 13.1 Å². The molecule has 1 heterocycles. The van der Waals surface area contributed by atoms with Crippen LogP contribution in [0.4, 0.5) is 10.1 Å². The zero-order chi connectivity index (χ0) is 22.6. The summed E-state index contributed by atoms with van der Waals surface area (Å²) in [4.78, 5) is 12.9. The molecule has 7 nitrogen and oxygen atoms in total. The minimum absolute atomic E-state index is 0.0361. The van der Waals surface area contributed by atoms with E-state index < -0.39 is 21.8 Å². The maximum Gasteiger partial charge on any atom is 0.368 e. The van der Waals surface area contributed by atoms with E-state index in [0.717, 1.165) is 38.5 Å². The lowest BCUT2D eigenvalue weighted by Gasteiger charge is -2.67. The van der Waals surface area contributed by atoms with E-state index in [-0.39, 0.29) is 27.2 Å². The first-order chi connectivity index (χ1) is 14.6. The third-order valence-corrected chi connectivity index (χ3v) is 9.07. The fourth-order valence-electron chi connectivity index (χ4n) is 4.90. The fraction of sp³-hybridized carbons (Fsp3) is 0.571. The Labute approximate surface area is 186 Å². The molecule has 0 amide bonds. The van der Waals surface area contributed by atoms with Crippen molar-refractivity contribution >= 4 is 33.3 Å². The van der Waals surface area contributed by atoms with E-state index in [1.165, 1.54) is 10.4 Å². The molecule has 0 spiro atoms. The first-order valence-electron chi connectivity index (χ1n) is 10.4. The molecule has 0 radical (unpaired) electrons. The number of carboxylic acids is 1. The molecule has 0 aromatic heterocycles. The summed E-state index contributed by atoms with van der Waals surface area (Å²) in [6.45, 7) is 2.66. The Kier molecular flexibility index (Phi) is 5.72. The van der Waals surface area contributed by atoms with Crippen LogP contribution in [0.2, 0.25) is 5.02 Å². The van der Waals surface area contributed by atoms with Gasteiger partial charge in [0.05, 0.1) is 10.7 Å². The zero-order valence-electron chi connectivity index (χ0n) is 17.5. The third-order valence-electron chi connectivity index (χ3n) is 6.83. The predicted octanol–water partition coefficient (Wildman–Crippen LogP) is 4.17. The summed E-state index contributed by atoms with van der Waals surface area (Å²) < 4.78 is 46.9. The Morgan fingerprint density at radius 1 is 1.39 bits per heavy atom. The Bertz CT molecular complexity index is 1030. The molecule has 31 heavy (non-hydrogen) atoms. The maximum atomic E-state index is 13.5. The summed E-state index contributed by atoms with van der Waals surface area (Å²) in [5.74, 6) is -2.71. The number of sulfonamides is 1.